The SMILES string of the molecule is CCOC(=O)c1cc(C)n(CC(=O)NNC(=O)c2ccccc2Cl)c1C. The number of nitrogens with one attached hydrogen (secondary N) is 2. The molecule has 0 unspecified atom stereocenters. The van der Waals surface area contributed by atoms with Gasteiger partial charge in [-0.15, -0.1) is 0 Å². The van der Waals surface area contributed by atoms with Crippen molar-refractivity contribution in [2.75, 3.05) is 6.61 Å². The van der Waals surface area contributed by atoms with E-state index in [-0.39, 0.29) is 23.7 Å². The lowest BCUT2D eigenvalue weighted by atomic mass is 10.2. The molecule has 0 aliphatic heterocycles. The number of nitrogens with zero attached hydrogens (tertiary/aromatic N) is 1. The van der Waals surface area contributed by atoms with Gasteiger partial charge in [0.05, 0.1) is 22.8 Å². The van der Waals surface area contributed by atoms with Gasteiger partial charge in [0.2, 0.25) is 0 Å². The molecule has 26 heavy (non-hydrogen) atoms. The fourth-order valence-electron chi connectivity index (χ4n) is 2.48. The number of aryl methyl sites for hydroxylation is 1. The van der Waals surface area contributed by atoms with Crippen LogP contribution in [-0.2, 0) is 16.1 Å². The number of aromatic nitrogens is 1. The van der Waals surface area contributed by atoms with Gasteiger partial charge in [-0.25, -0.2) is 4.79 Å². The number of amides is 2. The third kappa shape index (κ3) is 4.43. The van der Waals surface area contributed by atoms with Crippen LogP contribution in [0.4, 0.5) is 0 Å². The highest BCUT2D eigenvalue weighted by Gasteiger charge is 2.18. The molecule has 0 bridgehead atoms. The Morgan fingerprint density at radius 3 is 2.46 bits per heavy atom. The Morgan fingerprint density at radius 1 is 1.12 bits per heavy atom. The van der Waals surface area contributed by atoms with Crippen LogP contribution in [0.2, 0.25) is 5.02 Å². The third-order valence-electron chi connectivity index (χ3n) is 3.80. The summed E-state index contributed by atoms with van der Waals surface area (Å²) in [4.78, 5) is 36.1. The van der Waals surface area contributed by atoms with E-state index in [1.165, 1.54) is 0 Å². The Morgan fingerprint density at radius 2 is 1.81 bits per heavy atom. The van der Waals surface area contributed by atoms with Gasteiger partial charge in [0.25, 0.3) is 11.8 Å². The van der Waals surface area contributed by atoms with E-state index in [4.69, 9.17) is 16.3 Å². The number of benzene rings is 1. The fraction of sp³-hybridized carbons (Fsp3) is 0.278. The molecule has 138 valence electrons. The normalized spacial score (nSPS) is 10.3. The summed E-state index contributed by atoms with van der Waals surface area (Å²) < 4.78 is 6.67. The molecule has 0 saturated carbocycles. The van der Waals surface area contributed by atoms with E-state index < -0.39 is 17.8 Å². The minimum Gasteiger partial charge on any atom is -0.462 e. The summed E-state index contributed by atoms with van der Waals surface area (Å²) in [6, 6.07) is 8.18. The summed E-state index contributed by atoms with van der Waals surface area (Å²) in [5.74, 6) is -1.39. The van der Waals surface area contributed by atoms with Crippen molar-refractivity contribution in [3.05, 3.63) is 57.9 Å². The molecule has 1 aromatic heterocycles. The van der Waals surface area contributed by atoms with Gasteiger partial charge < -0.3 is 9.30 Å². The number of carbonyl (C=O) groups is 3. The molecule has 0 fully saturated rings. The molecule has 2 aromatic rings. The van der Waals surface area contributed by atoms with E-state index in [1.807, 2.05) is 0 Å². The Hall–Kier alpha value is -2.80. The molecule has 0 atom stereocenters. The number of hydrazine groups is 1. The van der Waals surface area contributed by atoms with Crippen molar-refractivity contribution in [2.24, 2.45) is 0 Å². The largest absolute Gasteiger partial charge is 0.462 e. The predicted molar refractivity (Wildman–Crippen MR) is 96.9 cm³/mol. The number of halogens is 1. The first kappa shape index (κ1) is 19.5. The van der Waals surface area contributed by atoms with Gasteiger partial charge in [0, 0.05) is 11.4 Å². The lowest BCUT2D eigenvalue weighted by Crippen LogP contribution is -2.43. The maximum Gasteiger partial charge on any atom is 0.339 e. The summed E-state index contributed by atoms with van der Waals surface area (Å²) in [5, 5.41) is 0.287. The van der Waals surface area contributed by atoms with Crippen LogP contribution in [0.15, 0.2) is 30.3 Å². The fourth-order valence-corrected chi connectivity index (χ4v) is 2.70. The van der Waals surface area contributed by atoms with Gasteiger partial charge in [0.15, 0.2) is 0 Å². The van der Waals surface area contributed by atoms with Crippen LogP contribution in [0.3, 0.4) is 0 Å². The lowest BCUT2D eigenvalue weighted by molar-refractivity contribution is -0.122. The smallest absolute Gasteiger partial charge is 0.339 e. The summed E-state index contributed by atoms with van der Waals surface area (Å²) in [5.41, 5.74) is 6.69. The molecule has 2 amide bonds. The minimum absolute atomic E-state index is 0.0557. The Labute approximate surface area is 156 Å². The highest BCUT2D eigenvalue weighted by molar-refractivity contribution is 6.33. The average molecular weight is 378 g/mol. The molecule has 1 aromatic carbocycles. The number of rotatable bonds is 5. The van der Waals surface area contributed by atoms with Crippen molar-refractivity contribution in [3.63, 3.8) is 0 Å². The summed E-state index contributed by atoms with van der Waals surface area (Å²) in [7, 11) is 0. The predicted octanol–water partition coefficient (Wildman–Crippen LogP) is 2.40. The zero-order valence-electron chi connectivity index (χ0n) is 14.8. The van der Waals surface area contributed by atoms with E-state index in [9.17, 15) is 14.4 Å². The molecule has 8 heteroatoms. The number of esters is 1. The molecule has 1 heterocycles. The molecule has 0 aliphatic carbocycles. The van der Waals surface area contributed by atoms with Gasteiger partial charge in [-0.2, -0.15) is 0 Å². The summed E-state index contributed by atoms with van der Waals surface area (Å²) in [6.07, 6.45) is 0. The zero-order chi connectivity index (χ0) is 19.3. The molecule has 0 aliphatic rings. The van der Waals surface area contributed by atoms with Crippen LogP contribution in [0, 0.1) is 13.8 Å². The molecule has 0 radical (unpaired) electrons. The standard InChI is InChI=1S/C18H20ClN3O4/c1-4-26-18(25)14-9-11(2)22(12(14)3)10-16(23)20-21-17(24)13-7-5-6-8-15(13)19/h5-9H,4,10H2,1-3H3,(H,20,23)(H,21,24). The van der Waals surface area contributed by atoms with E-state index in [0.717, 1.165) is 5.69 Å². The lowest BCUT2D eigenvalue weighted by Gasteiger charge is -2.11. The molecular formula is C18H20ClN3O4. The van der Waals surface area contributed by atoms with Crippen molar-refractivity contribution in [3.8, 4) is 0 Å². The third-order valence-corrected chi connectivity index (χ3v) is 4.13. The van der Waals surface area contributed by atoms with Gasteiger partial charge in [-0.1, -0.05) is 23.7 Å². The van der Waals surface area contributed by atoms with Gasteiger partial charge in [-0.05, 0) is 39.0 Å². The van der Waals surface area contributed by atoms with Crippen molar-refractivity contribution in [1.29, 1.82) is 0 Å². The number of carbonyl (C=O) groups excluding carboxylic acids is 3. The van der Waals surface area contributed by atoms with Crippen molar-refractivity contribution >= 4 is 29.4 Å². The van der Waals surface area contributed by atoms with Crippen LogP contribution < -0.4 is 10.9 Å². The van der Waals surface area contributed by atoms with Gasteiger partial charge in [0.1, 0.15) is 6.54 Å². The van der Waals surface area contributed by atoms with Gasteiger partial charge in [-0.3, -0.25) is 20.4 Å². The average Bonchev–Trinajstić information content (AvgIpc) is 2.88. The Bertz CT molecular complexity index is 845. The molecule has 0 saturated heterocycles. The summed E-state index contributed by atoms with van der Waals surface area (Å²) >= 11 is 5.94. The van der Waals surface area contributed by atoms with Gasteiger partial charge >= 0.3 is 5.97 Å². The molecule has 2 rings (SSSR count). The molecule has 0 spiro atoms. The first-order valence-electron chi connectivity index (χ1n) is 8.02. The van der Waals surface area contributed by atoms with Crippen LogP contribution in [0.25, 0.3) is 0 Å². The summed E-state index contributed by atoms with van der Waals surface area (Å²) in [6.45, 7) is 5.46. The highest BCUT2D eigenvalue weighted by Crippen LogP contribution is 2.16. The zero-order valence-corrected chi connectivity index (χ0v) is 15.5. The quantitative estimate of drug-likeness (QED) is 0.618. The molecule has 7 nitrogen and oxygen atoms in total. The highest BCUT2D eigenvalue weighted by atomic mass is 35.5. The van der Waals surface area contributed by atoms with Crippen molar-refractivity contribution in [2.45, 2.75) is 27.3 Å². The number of ether oxygens (including phenoxy) is 1. The Balaban J connectivity index is 2.01. The van der Waals surface area contributed by atoms with E-state index in [2.05, 4.69) is 10.9 Å². The minimum atomic E-state index is -0.517. The second-order valence-electron chi connectivity index (χ2n) is 5.57. The number of hydrogen-bond acceptors (Lipinski definition) is 4. The topological polar surface area (TPSA) is 89.4 Å². The van der Waals surface area contributed by atoms with Crippen LogP contribution in [0.1, 0.15) is 39.0 Å². The van der Waals surface area contributed by atoms with Crippen molar-refractivity contribution in [1.82, 2.24) is 15.4 Å². The second kappa shape index (κ2) is 8.53. The maximum atomic E-state index is 12.1. The van der Waals surface area contributed by atoms with Crippen LogP contribution in [-0.4, -0.2) is 29.0 Å². The molecule has 2 N–H and O–H groups in total. The van der Waals surface area contributed by atoms with Crippen molar-refractivity contribution < 1.29 is 19.1 Å². The number of hydrogen-bond donors (Lipinski definition) is 2. The maximum absolute atomic E-state index is 12.1. The second-order valence-corrected chi connectivity index (χ2v) is 5.98. The van der Waals surface area contributed by atoms with E-state index in [1.54, 1.807) is 55.7 Å². The Kier molecular flexibility index (Phi) is 6.41. The molecular weight excluding hydrogens is 358 g/mol. The first-order valence-corrected chi connectivity index (χ1v) is 8.40. The van der Waals surface area contributed by atoms with Crippen LogP contribution >= 0.6 is 11.6 Å². The van der Waals surface area contributed by atoms with E-state index >= 15 is 0 Å². The van der Waals surface area contributed by atoms with E-state index in [0.29, 0.717) is 11.3 Å². The van der Waals surface area contributed by atoms with Crippen LogP contribution in [0.5, 0.6) is 0 Å². The monoisotopic (exact) mass is 377 g/mol. The first-order chi connectivity index (χ1) is 12.3.